The van der Waals surface area contributed by atoms with Crippen LogP contribution in [0.25, 0.3) is 17.0 Å². The summed E-state index contributed by atoms with van der Waals surface area (Å²) < 4.78 is 37.7. The van der Waals surface area contributed by atoms with Crippen LogP contribution >= 0.6 is 0 Å². The van der Waals surface area contributed by atoms with Crippen LogP contribution in [0.4, 0.5) is 8.78 Å². The minimum absolute atomic E-state index is 0.249. The second-order valence-corrected chi connectivity index (χ2v) is 8.36. The maximum Gasteiger partial charge on any atom is 0.333 e. The van der Waals surface area contributed by atoms with E-state index in [1.165, 1.54) is 12.1 Å². The van der Waals surface area contributed by atoms with E-state index in [2.05, 4.69) is 42.1 Å². The molecule has 0 atom stereocenters. The number of aryl methyl sites for hydroxylation is 1. The lowest BCUT2D eigenvalue weighted by Crippen LogP contribution is -2.45. The molecule has 1 aliphatic heterocycles. The van der Waals surface area contributed by atoms with Gasteiger partial charge in [0.1, 0.15) is 6.73 Å². The van der Waals surface area contributed by atoms with E-state index in [-0.39, 0.29) is 11.2 Å². The largest absolute Gasteiger partial charge is 0.475 e. The second kappa shape index (κ2) is 8.99. The third-order valence-electron chi connectivity index (χ3n) is 5.80. The van der Waals surface area contributed by atoms with Crippen molar-refractivity contribution in [2.75, 3.05) is 40.0 Å². The Hall–Kier alpha value is -3.57. The summed E-state index contributed by atoms with van der Waals surface area (Å²) >= 11 is 0. The highest BCUT2D eigenvalue weighted by Gasteiger charge is 2.40. The number of halogens is 2. The average molecular weight is 466 g/mol. The number of ether oxygens (including phenoxy) is 1. The number of rotatable bonds is 6. The van der Waals surface area contributed by atoms with Gasteiger partial charge in [0.2, 0.25) is 5.82 Å². The van der Waals surface area contributed by atoms with Crippen molar-refractivity contribution in [3.05, 3.63) is 65.9 Å². The fraction of sp³-hybridized carbons (Fsp3) is 0.348. The number of fused-ring (bicyclic) bond motifs is 1. The summed E-state index contributed by atoms with van der Waals surface area (Å²) in [7, 11) is 2.10. The van der Waals surface area contributed by atoms with Gasteiger partial charge in [-0.2, -0.15) is 18.4 Å². The predicted octanol–water partition coefficient (Wildman–Crippen LogP) is 2.61. The second-order valence-electron chi connectivity index (χ2n) is 8.36. The molecule has 0 radical (unpaired) electrons. The van der Waals surface area contributed by atoms with Crippen LogP contribution in [-0.2, 0) is 5.92 Å². The van der Waals surface area contributed by atoms with Crippen LogP contribution in [0.2, 0.25) is 0 Å². The van der Waals surface area contributed by atoms with Crippen LogP contribution in [0.15, 0.2) is 48.8 Å². The quantitative estimate of drug-likeness (QED) is 0.429. The minimum atomic E-state index is -3.41. The van der Waals surface area contributed by atoms with E-state index in [0.717, 1.165) is 30.7 Å². The van der Waals surface area contributed by atoms with E-state index in [1.807, 2.05) is 0 Å². The molecule has 1 aliphatic rings. The van der Waals surface area contributed by atoms with Gasteiger partial charge >= 0.3 is 5.92 Å². The molecule has 1 saturated heterocycles. The van der Waals surface area contributed by atoms with Crippen molar-refractivity contribution in [3.8, 4) is 17.1 Å². The Morgan fingerprint density at radius 1 is 1.00 bits per heavy atom. The summed E-state index contributed by atoms with van der Waals surface area (Å²) in [6.07, 6.45) is 3.11. The van der Waals surface area contributed by atoms with Crippen LogP contribution in [0.3, 0.4) is 0 Å². The number of benzene rings is 1. The van der Waals surface area contributed by atoms with E-state index in [4.69, 9.17) is 4.74 Å². The van der Waals surface area contributed by atoms with Gasteiger partial charge in [-0.3, -0.25) is 4.90 Å². The van der Waals surface area contributed by atoms with Gasteiger partial charge in [-0.1, -0.05) is 18.2 Å². The molecule has 3 aromatic heterocycles. The molecule has 4 aromatic rings. The SMILES string of the molecule is Cc1ccc2nnc(C(F)(F)c3cccc(-c4ncc(OCN5CCN(C)CC5)cn4)c3)n2n1. The van der Waals surface area contributed by atoms with Gasteiger partial charge in [-0.25, -0.2) is 9.97 Å². The molecule has 11 heteroatoms. The molecule has 1 aromatic carbocycles. The minimum Gasteiger partial charge on any atom is -0.475 e. The zero-order chi connectivity index (χ0) is 23.7. The van der Waals surface area contributed by atoms with E-state index in [0.29, 0.717) is 29.6 Å². The number of hydrogen-bond acceptors (Lipinski definition) is 8. The molecule has 0 N–H and O–H groups in total. The van der Waals surface area contributed by atoms with Crippen molar-refractivity contribution >= 4 is 5.65 Å². The molecule has 34 heavy (non-hydrogen) atoms. The lowest BCUT2D eigenvalue weighted by Gasteiger charge is -2.31. The number of aromatic nitrogens is 6. The van der Waals surface area contributed by atoms with Crippen molar-refractivity contribution in [1.29, 1.82) is 0 Å². The third-order valence-corrected chi connectivity index (χ3v) is 5.80. The molecule has 0 aliphatic carbocycles. The molecular formula is C23H24F2N8O. The molecule has 0 unspecified atom stereocenters. The maximum absolute atomic E-state index is 15.4. The van der Waals surface area contributed by atoms with Crippen molar-refractivity contribution in [3.63, 3.8) is 0 Å². The zero-order valence-electron chi connectivity index (χ0n) is 18.9. The Bertz CT molecular complexity index is 1290. The van der Waals surface area contributed by atoms with Crippen molar-refractivity contribution < 1.29 is 13.5 Å². The van der Waals surface area contributed by atoms with Crippen LogP contribution in [0, 0.1) is 6.92 Å². The summed E-state index contributed by atoms with van der Waals surface area (Å²) in [6, 6.07) is 9.23. The van der Waals surface area contributed by atoms with Gasteiger partial charge in [-0.05, 0) is 32.2 Å². The van der Waals surface area contributed by atoms with Gasteiger partial charge < -0.3 is 9.64 Å². The number of piperazine rings is 1. The van der Waals surface area contributed by atoms with Crippen LogP contribution in [0.5, 0.6) is 5.75 Å². The molecule has 0 amide bonds. The summed E-state index contributed by atoms with van der Waals surface area (Å²) in [6.45, 7) is 6.05. The van der Waals surface area contributed by atoms with Crippen LogP contribution < -0.4 is 4.74 Å². The van der Waals surface area contributed by atoms with E-state index in [9.17, 15) is 0 Å². The first-order valence-corrected chi connectivity index (χ1v) is 10.9. The fourth-order valence-electron chi connectivity index (χ4n) is 3.74. The maximum atomic E-state index is 15.4. The van der Waals surface area contributed by atoms with Gasteiger partial charge in [0.25, 0.3) is 0 Å². The number of likely N-dealkylation sites (N-methyl/N-ethyl adjacent to an activating group) is 1. The molecule has 1 fully saturated rings. The first kappa shape index (κ1) is 22.2. The molecular weight excluding hydrogens is 442 g/mol. The highest BCUT2D eigenvalue weighted by Crippen LogP contribution is 2.36. The Balaban J connectivity index is 1.34. The first-order valence-electron chi connectivity index (χ1n) is 10.9. The molecule has 176 valence electrons. The van der Waals surface area contributed by atoms with Gasteiger partial charge in [0.05, 0.1) is 18.1 Å². The fourth-order valence-corrected chi connectivity index (χ4v) is 3.74. The highest BCUT2D eigenvalue weighted by molar-refractivity contribution is 5.57. The van der Waals surface area contributed by atoms with Crippen LogP contribution in [-0.4, -0.2) is 79.5 Å². The molecule has 9 nitrogen and oxygen atoms in total. The standard InChI is InChI=1S/C23H24F2N8O/c1-16-6-7-20-28-29-22(33(20)30-16)23(24,25)18-5-3-4-17(12-18)21-26-13-19(14-27-21)34-15-32-10-8-31(2)9-11-32/h3-7,12-14H,8-11,15H2,1-2H3. The van der Waals surface area contributed by atoms with E-state index < -0.39 is 11.7 Å². The Labute approximate surface area is 195 Å². The Kier molecular flexibility index (Phi) is 5.88. The van der Waals surface area contributed by atoms with Gasteiger partial charge in [0.15, 0.2) is 17.2 Å². The molecule has 0 saturated carbocycles. The predicted molar refractivity (Wildman–Crippen MR) is 121 cm³/mol. The topological polar surface area (TPSA) is 84.6 Å². The van der Waals surface area contributed by atoms with E-state index >= 15 is 8.78 Å². The summed E-state index contributed by atoms with van der Waals surface area (Å²) in [5.74, 6) is -3.11. The Morgan fingerprint density at radius 2 is 1.76 bits per heavy atom. The Morgan fingerprint density at radius 3 is 2.53 bits per heavy atom. The summed E-state index contributed by atoms with van der Waals surface area (Å²) in [5.41, 5.74) is 1.05. The zero-order valence-corrected chi connectivity index (χ0v) is 18.9. The monoisotopic (exact) mass is 466 g/mol. The molecule has 0 bridgehead atoms. The smallest absolute Gasteiger partial charge is 0.333 e. The van der Waals surface area contributed by atoms with Crippen molar-refractivity contribution in [2.24, 2.45) is 0 Å². The third kappa shape index (κ3) is 4.44. The lowest BCUT2D eigenvalue weighted by atomic mass is 10.0. The van der Waals surface area contributed by atoms with Crippen molar-refractivity contribution in [2.45, 2.75) is 12.8 Å². The summed E-state index contributed by atoms with van der Waals surface area (Å²) in [5, 5.41) is 11.7. The number of nitrogens with zero attached hydrogens (tertiary/aromatic N) is 8. The first-order chi connectivity index (χ1) is 16.4. The van der Waals surface area contributed by atoms with Crippen molar-refractivity contribution in [1.82, 2.24) is 39.6 Å². The normalized spacial score (nSPS) is 15.6. The summed E-state index contributed by atoms with van der Waals surface area (Å²) in [4.78, 5) is 13.1. The number of hydrogen-bond donors (Lipinski definition) is 0. The van der Waals surface area contributed by atoms with E-state index in [1.54, 1.807) is 43.6 Å². The highest BCUT2D eigenvalue weighted by atomic mass is 19.3. The molecule has 0 spiro atoms. The van der Waals surface area contributed by atoms with Gasteiger partial charge in [-0.15, -0.1) is 10.2 Å². The van der Waals surface area contributed by atoms with Gasteiger partial charge in [0, 0.05) is 37.3 Å². The average Bonchev–Trinajstić information content (AvgIpc) is 3.28. The van der Waals surface area contributed by atoms with Crippen LogP contribution in [0.1, 0.15) is 17.1 Å². The molecule has 5 rings (SSSR count). The lowest BCUT2D eigenvalue weighted by molar-refractivity contribution is 0.0306. The number of alkyl halides is 2. The molecule has 4 heterocycles.